The maximum absolute atomic E-state index is 5.68. The van der Waals surface area contributed by atoms with Crippen molar-refractivity contribution in [2.75, 3.05) is 13.2 Å². The van der Waals surface area contributed by atoms with Crippen LogP contribution < -0.4 is 15.4 Å². The van der Waals surface area contributed by atoms with Crippen LogP contribution >= 0.6 is 0 Å². The number of ether oxygens (including phenoxy) is 1. The molecule has 1 fully saturated rings. The molecule has 26 heavy (non-hydrogen) atoms. The number of guanidine groups is 1. The number of nitrogens with one attached hydrogen (secondary N) is 2. The number of pyridine rings is 1. The molecular weight excluding hydrogens is 324 g/mol. The van der Waals surface area contributed by atoms with Crippen LogP contribution in [-0.4, -0.2) is 24.1 Å². The number of hydrogen-bond donors (Lipinski definition) is 2. The van der Waals surface area contributed by atoms with Gasteiger partial charge in [-0.25, -0.2) is 9.98 Å². The summed E-state index contributed by atoms with van der Waals surface area (Å²) in [6, 6.07) is 14.5. The average molecular weight is 352 g/mol. The highest BCUT2D eigenvalue weighted by Gasteiger charge is 2.22. The lowest BCUT2D eigenvalue weighted by Crippen LogP contribution is -2.38. The van der Waals surface area contributed by atoms with E-state index in [-0.39, 0.29) is 6.04 Å². The predicted octanol–water partition coefficient (Wildman–Crippen LogP) is 3.69. The molecule has 0 saturated heterocycles. The normalized spacial score (nSPS) is 15.4. The Morgan fingerprint density at radius 1 is 1.23 bits per heavy atom. The van der Waals surface area contributed by atoms with E-state index in [0.29, 0.717) is 12.4 Å². The summed E-state index contributed by atoms with van der Waals surface area (Å²) in [6.45, 7) is 6.39. The van der Waals surface area contributed by atoms with Crippen LogP contribution in [0.2, 0.25) is 0 Å². The summed E-state index contributed by atoms with van der Waals surface area (Å²) in [7, 11) is 0. The van der Waals surface area contributed by atoms with Crippen LogP contribution in [0.5, 0.6) is 5.88 Å². The van der Waals surface area contributed by atoms with Crippen molar-refractivity contribution >= 4 is 5.96 Å². The molecule has 0 bridgehead atoms. The largest absolute Gasteiger partial charge is 0.477 e. The zero-order valence-electron chi connectivity index (χ0n) is 15.6. The predicted molar refractivity (Wildman–Crippen MR) is 105 cm³/mol. The zero-order valence-corrected chi connectivity index (χ0v) is 15.6. The van der Waals surface area contributed by atoms with Crippen LogP contribution in [0.25, 0.3) is 0 Å². The van der Waals surface area contributed by atoms with Gasteiger partial charge in [0, 0.05) is 18.8 Å². The smallest absolute Gasteiger partial charge is 0.213 e. The summed E-state index contributed by atoms with van der Waals surface area (Å²) in [6.07, 6.45) is 4.42. The molecule has 0 spiro atoms. The van der Waals surface area contributed by atoms with Crippen LogP contribution in [0.15, 0.2) is 53.7 Å². The molecule has 1 atom stereocenters. The number of aliphatic imine (C=N–C) groups is 1. The van der Waals surface area contributed by atoms with Crippen molar-refractivity contribution < 1.29 is 4.74 Å². The van der Waals surface area contributed by atoms with Gasteiger partial charge in [0.15, 0.2) is 5.96 Å². The summed E-state index contributed by atoms with van der Waals surface area (Å²) in [5.41, 5.74) is 2.30. The molecule has 0 aliphatic heterocycles. The Kier molecular flexibility index (Phi) is 6.47. The summed E-state index contributed by atoms with van der Waals surface area (Å²) in [5, 5.41) is 6.75. The van der Waals surface area contributed by atoms with Gasteiger partial charge in [-0.05, 0) is 43.7 Å². The van der Waals surface area contributed by atoms with Crippen LogP contribution in [0.4, 0.5) is 0 Å². The molecule has 1 aliphatic rings. The van der Waals surface area contributed by atoms with Gasteiger partial charge in [-0.1, -0.05) is 36.4 Å². The third-order valence-corrected chi connectivity index (χ3v) is 4.38. The van der Waals surface area contributed by atoms with Crippen LogP contribution in [0.3, 0.4) is 0 Å². The first-order valence-electron chi connectivity index (χ1n) is 9.42. The summed E-state index contributed by atoms with van der Waals surface area (Å²) < 4.78 is 5.68. The molecule has 3 rings (SSSR count). The van der Waals surface area contributed by atoms with E-state index in [1.807, 2.05) is 24.4 Å². The van der Waals surface area contributed by atoms with Gasteiger partial charge < -0.3 is 15.4 Å². The molecule has 1 saturated carbocycles. The van der Waals surface area contributed by atoms with Gasteiger partial charge in [-0.3, -0.25) is 0 Å². The first-order valence-corrected chi connectivity index (χ1v) is 9.42. The van der Waals surface area contributed by atoms with Gasteiger partial charge in [0.2, 0.25) is 5.88 Å². The minimum Gasteiger partial charge on any atom is -0.477 e. The fraction of sp³-hybridized carbons (Fsp3) is 0.429. The first kappa shape index (κ1) is 18.2. The molecule has 138 valence electrons. The molecule has 0 radical (unpaired) electrons. The third kappa shape index (κ3) is 5.76. The van der Waals surface area contributed by atoms with Crippen molar-refractivity contribution in [2.45, 2.75) is 39.3 Å². The molecule has 2 aromatic rings. The quantitative estimate of drug-likeness (QED) is 0.562. The monoisotopic (exact) mass is 352 g/mol. The second kappa shape index (κ2) is 9.22. The molecule has 1 unspecified atom stereocenters. The third-order valence-electron chi connectivity index (χ3n) is 4.38. The molecule has 2 N–H and O–H groups in total. The number of rotatable bonds is 8. The Morgan fingerprint density at radius 3 is 2.69 bits per heavy atom. The van der Waals surface area contributed by atoms with Crippen molar-refractivity contribution in [3.8, 4) is 5.88 Å². The average Bonchev–Trinajstić information content (AvgIpc) is 3.50. The Hall–Kier alpha value is -2.56. The number of benzene rings is 1. The Balaban J connectivity index is 1.55. The van der Waals surface area contributed by atoms with Gasteiger partial charge in [-0.2, -0.15) is 0 Å². The van der Waals surface area contributed by atoms with E-state index >= 15 is 0 Å². The lowest BCUT2D eigenvalue weighted by Gasteiger charge is -2.18. The Bertz CT molecular complexity index is 696. The fourth-order valence-corrected chi connectivity index (χ4v) is 2.60. The van der Waals surface area contributed by atoms with Gasteiger partial charge in [0.1, 0.15) is 0 Å². The lowest BCUT2D eigenvalue weighted by atomic mass is 10.1. The highest BCUT2D eigenvalue weighted by molar-refractivity contribution is 5.80. The molecule has 1 aromatic heterocycles. The second-order valence-corrected chi connectivity index (χ2v) is 6.73. The van der Waals surface area contributed by atoms with Crippen LogP contribution in [0.1, 0.15) is 43.9 Å². The van der Waals surface area contributed by atoms with E-state index in [2.05, 4.69) is 58.7 Å². The maximum Gasteiger partial charge on any atom is 0.213 e. The fourth-order valence-electron chi connectivity index (χ4n) is 2.60. The van der Waals surface area contributed by atoms with Crippen LogP contribution in [-0.2, 0) is 6.54 Å². The van der Waals surface area contributed by atoms with E-state index in [0.717, 1.165) is 30.6 Å². The molecular formula is C21H28N4O. The Morgan fingerprint density at radius 2 is 2.04 bits per heavy atom. The maximum atomic E-state index is 5.68. The Labute approximate surface area is 155 Å². The number of nitrogens with zero attached hydrogens (tertiary/aromatic N) is 2. The summed E-state index contributed by atoms with van der Waals surface area (Å²) in [4.78, 5) is 9.06. The van der Waals surface area contributed by atoms with Gasteiger partial charge in [0.25, 0.3) is 0 Å². The SMILES string of the molecule is CCNC(=NCc1ccc(OCC2CC2)nc1)NC(C)c1ccccc1. The van der Waals surface area contributed by atoms with E-state index in [4.69, 9.17) is 4.74 Å². The van der Waals surface area contributed by atoms with E-state index in [1.165, 1.54) is 18.4 Å². The minimum atomic E-state index is 0.185. The van der Waals surface area contributed by atoms with Gasteiger partial charge in [-0.15, -0.1) is 0 Å². The van der Waals surface area contributed by atoms with E-state index in [9.17, 15) is 0 Å². The molecule has 5 heteroatoms. The van der Waals surface area contributed by atoms with Gasteiger partial charge >= 0.3 is 0 Å². The number of aromatic nitrogens is 1. The molecule has 1 heterocycles. The van der Waals surface area contributed by atoms with Crippen molar-refractivity contribution in [1.29, 1.82) is 0 Å². The minimum absolute atomic E-state index is 0.185. The van der Waals surface area contributed by atoms with E-state index in [1.54, 1.807) is 0 Å². The van der Waals surface area contributed by atoms with Crippen molar-refractivity contribution in [3.05, 3.63) is 59.8 Å². The molecule has 1 aliphatic carbocycles. The lowest BCUT2D eigenvalue weighted by molar-refractivity contribution is 0.288. The van der Waals surface area contributed by atoms with Crippen molar-refractivity contribution in [2.24, 2.45) is 10.9 Å². The summed E-state index contributed by atoms with van der Waals surface area (Å²) in [5.74, 6) is 2.24. The van der Waals surface area contributed by atoms with Crippen molar-refractivity contribution in [3.63, 3.8) is 0 Å². The highest BCUT2D eigenvalue weighted by atomic mass is 16.5. The van der Waals surface area contributed by atoms with Gasteiger partial charge in [0.05, 0.1) is 19.2 Å². The second-order valence-electron chi connectivity index (χ2n) is 6.73. The molecule has 1 aromatic carbocycles. The molecule has 0 amide bonds. The van der Waals surface area contributed by atoms with Crippen molar-refractivity contribution in [1.82, 2.24) is 15.6 Å². The first-order chi connectivity index (χ1) is 12.7. The highest BCUT2D eigenvalue weighted by Crippen LogP contribution is 2.29. The standard InChI is InChI=1S/C21H28N4O/c1-3-22-21(25-16(2)19-7-5-4-6-8-19)24-14-18-11-12-20(23-13-18)26-15-17-9-10-17/h4-8,11-13,16-17H,3,9-10,14-15H2,1-2H3,(H2,22,24,25). The summed E-state index contributed by atoms with van der Waals surface area (Å²) >= 11 is 0. The topological polar surface area (TPSA) is 58.5 Å². The van der Waals surface area contributed by atoms with E-state index < -0.39 is 0 Å². The zero-order chi connectivity index (χ0) is 18.2. The van der Waals surface area contributed by atoms with Crippen LogP contribution in [0, 0.1) is 5.92 Å². The molecule has 5 nitrogen and oxygen atoms in total. The number of hydrogen-bond acceptors (Lipinski definition) is 3.